The number of rotatable bonds is 0. The van der Waals surface area contributed by atoms with E-state index >= 15 is 0 Å². The predicted octanol–water partition coefficient (Wildman–Crippen LogP) is 12.5. The fourth-order valence-corrected chi connectivity index (χ4v) is 9.15. The maximum atomic E-state index is 4.76. The van der Waals surface area contributed by atoms with Gasteiger partial charge in [0.1, 0.15) is 11.3 Å². The van der Waals surface area contributed by atoms with Gasteiger partial charge in [-0.3, -0.25) is 10.2 Å². The van der Waals surface area contributed by atoms with E-state index in [4.69, 9.17) is 9.97 Å². The van der Waals surface area contributed by atoms with E-state index in [2.05, 4.69) is 199 Å². The average molecular weight is 1270 g/mol. The Morgan fingerprint density at radius 3 is 1.11 bits per heavy atom. The van der Waals surface area contributed by atoms with Gasteiger partial charge in [-0.05, 0) is 80.9 Å². The van der Waals surface area contributed by atoms with Gasteiger partial charge < -0.3 is 28.1 Å². The molecule has 0 unspecified atom stereocenters. The van der Waals surface area contributed by atoms with Gasteiger partial charge in [0.15, 0.2) is 0 Å². The summed E-state index contributed by atoms with van der Waals surface area (Å²) in [4.78, 5) is 17.0. The Balaban J connectivity index is 0.000000133. The van der Waals surface area contributed by atoms with Crippen LogP contribution in [-0.4, -0.2) is 48.3 Å². The summed E-state index contributed by atoms with van der Waals surface area (Å²) in [6.07, 6.45) is 8.97. The summed E-state index contributed by atoms with van der Waals surface area (Å²) < 4.78 is 7.63. The van der Waals surface area contributed by atoms with E-state index in [0.29, 0.717) is 0 Å². The summed E-state index contributed by atoms with van der Waals surface area (Å²) in [6.45, 7) is 3.66. The Hall–Kier alpha value is -7.64. The van der Waals surface area contributed by atoms with Crippen LogP contribution in [0.1, 0.15) is 11.6 Å². The number of hydrogen-bond acceptors (Lipinski definition) is 6. The van der Waals surface area contributed by atoms with Crippen molar-refractivity contribution in [2.75, 3.05) is 0 Å². The Kier molecular flexibility index (Phi) is 13.9. The van der Waals surface area contributed by atoms with Crippen LogP contribution in [0.2, 0.25) is 0 Å². The quantitative estimate of drug-likeness (QED) is 0.140. The summed E-state index contributed by atoms with van der Waals surface area (Å²) in [7, 11) is 3.58. The third-order valence-electron chi connectivity index (χ3n) is 12.0. The third kappa shape index (κ3) is 8.93. The molecule has 0 amide bonds. The number of fused-ring (bicyclic) bond motifs is 14. The van der Waals surface area contributed by atoms with Crippen molar-refractivity contribution < 1.29 is 42.1 Å². The summed E-state index contributed by atoms with van der Waals surface area (Å²) >= 11 is 0. The summed E-state index contributed by atoms with van der Waals surface area (Å²) in [5.74, 6) is 1.53. The normalized spacial score (nSPS) is 10.9. The zero-order valence-corrected chi connectivity index (χ0v) is 43.0. The van der Waals surface area contributed by atoms with Gasteiger partial charge in [-0.25, -0.2) is 9.97 Å². The first-order chi connectivity index (χ1) is 33.4. The van der Waals surface area contributed by atoms with Crippen molar-refractivity contribution in [3.63, 3.8) is 0 Å². The van der Waals surface area contributed by atoms with E-state index in [1.807, 2.05) is 50.5 Å². The first kappa shape index (κ1) is 47.4. The van der Waals surface area contributed by atoms with Gasteiger partial charge in [0.25, 0.3) is 0 Å². The molecular weight excluding hydrogens is 1230 g/mol. The number of nitrogens with zero attached hydrogens (tertiary/aromatic N) is 10. The molecule has 8 aromatic heterocycles. The molecule has 0 saturated heterocycles. The smallest absolute Gasteiger partial charge is 0.418 e. The minimum Gasteiger partial charge on any atom is -0.418 e. The van der Waals surface area contributed by atoms with E-state index < -0.39 is 0 Å². The molecule has 14 rings (SSSR count). The predicted molar refractivity (Wildman–Crippen MR) is 275 cm³/mol. The van der Waals surface area contributed by atoms with Crippen LogP contribution >= 0.6 is 0 Å². The van der Waals surface area contributed by atoms with Crippen molar-refractivity contribution in [3.8, 4) is 0 Å². The second-order valence-corrected chi connectivity index (χ2v) is 16.4. The molecule has 10 nitrogen and oxygen atoms in total. The number of aryl methyl sites for hydroxylation is 4. The SMILES string of the molecule is Cc1n[c-]n(C)n1.Cc1n[c-]n(C)n1.[Pt+2].[Pt+2].[c-]1cccc2c3cccc4c5ccccc5ccc5cccnc5n(c12)c43.[c-]1cccc2c3cccc4c5ccccc5ccc5cccnc5n(c12)c43. The summed E-state index contributed by atoms with van der Waals surface area (Å²) in [6, 6.07) is 66.5. The van der Waals surface area contributed by atoms with Crippen LogP contribution in [0.15, 0.2) is 182 Å². The van der Waals surface area contributed by atoms with Gasteiger partial charge >= 0.3 is 42.1 Å². The van der Waals surface area contributed by atoms with Gasteiger partial charge in [0, 0.05) is 59.1 Å². The standard InChI is InChI=1S/2C25H15N2.2C4H6N3.2Pt/c2*1-2-9-19-17(7-1)14-15-18-8-6-16-26-25(18)27-23-13-4-3-10-20(23)22-12-5-11-21(19)24(22)27;2*1-4-5-3-7(2)6-4;;/h2*1-12,14-16H;2*1-2H3;;/q4*-1;2*+2. The zero-order valence-electron chi connectivity index (χ0n) is 38.4. The second-order valence-electron chi connectivity index (χ2n) is 16.4. The van der Waals surface area contributed by atoms with Gasteiger partial charge in [-0.15, -0.1) is 10.8 Å². The fraction of sp³-hybridized carbons (Fsp3) is 0.0690. The van der Waals surface area contributed by atoms with Crippen LogP contribution in [0.25, 0.3) is 98.0 Å². The molecular formula is C58H42N10Pt2. The fourth-order valence-electron chi connectivity index (χ4n) is 9.15. The van der Waals surface area contributed by atoms with Crippen molar-refractivity contribution in [1.29, 1.82) is 0 Å². The largest absolute Gasteiger partial charge is 2.00 e. The van der Waals surface area contributed by atoms with Gasteiger partial charge in [0.2, 0.25) is 0 Å². The van der Waals surface area contributed by atoms with Gasteiger partial charge in [-0.2, -0.15) is 48.5 Å². The Morgan fingerprint density at radius 1 is 0.371 bits per heavy atom. The van der Waals surface area contributed by atoms with Gasteiger partial charge in [0.05, 0.1) is 0 Å². The molecule has 344 valence electrons. The molecule has 0 N–H and O–H groups in total. The molecule has 0 saturated carbocycles. The van der Waals surface area contributed by atoms with Crippen LogP contribution in [0.5, 0.6) is 0 Å². The number of hydrogen-bond donors (Lipinski definition) is 0. The molecule has 0 atom stereocenters. The molecule has 0 bridgehead atoms. The number of pyridine rings is 2. The average Bonchev–Trinajstić information content (AvgIpc) is 4.16. The van der Waals surface area contributed by atoms with E-state index in [9.17, 15) is 0 Å². The van der Waals surface area contributed by atoms with Crippen molar-refractivity contribution >= 4 is 98.0 Å². The molecule has 0 aliphatic rings. The van der Waals surface area contributed by atoms with Crippen LogP contribution in [0.4, 0.5) is 0 Å². The van der Waals surface area contributed by atoms with Crippen LogP contribution in [-0.2, 0) is 56.2 Å². The van der Waals surface area contributed by atoms with E-state index in [1.54, 1.807) is 23.5 Å². The monoisotopic (exact) mass is 1270 g/mol. The van der Waals surface area contributed by atoms with Crippen molar-refractivity contribution in [2.24, 2.45) is 14.1 Å². The number of aromatic nitrogens is 10. The van der Waals surface area contributed by atoms with Crippen molar-refractivity contribution in [1.82, 2.24) is 48.3 Å². The molecule has 0 spiro atoms. The topological polar surface area (TPSA) is 96.0 Å². The second kappa shape index (κ2) is 20.5. The Bertz CT molecular complexity index is 3940. The van der Waals surface area contributed by atoms with Crippen molar-refractivity contribution in [2.45, 2.75) is 13.8 Å². The van der Waals surface area contributed by atoms with Gasteiger partial charge in [-0.1, -0.05) is 134 Å². The summed E-state index contributed by atoms with van der Waals surface area (Å²) in [5, 5.41) is 22.1. The molecule has 0 radical (unpaired) electrons. The minimum absolute atomic E-state index is 0. The first-order valence-corrected chi connectivity index (χ1v) is 22.3. The van der Waals surface area contributed by atoms with Crippen LogP contribution in [0.3, 0.4) is 0 Å². The van der Waals surface area contributed by atoms with Crippen molar-refractivity contribution in [3.05, 3.63) is 219 Å². The Morgan fingerprint density at radius 2 is 0.729 bits per heavy atom. The van der Waals surface area contributed by atoms with Crippen LogP contribution < -0.4 is 0 Å². The van der Waals surface area contributed by atoms with Crippen LogP contribution in [0, 0.1) is 38.6 Å². The third-order valence-corrected chi connectivity index (χ3v) is 12.0. The molecule has 14 aromatic rings. The summed E-state index contributed by atoms with van der Waals surface area (Å²) in [5.41, 5.74) is 6.38. The Labute approximate surface area is 432 Å². The van der Waals surface area contributed by atoms with E-state index in [0.717, 1.165) is 44.7 Å². The molecule has 12 heteroatoms. The first-order valence-electron chi connectivity index (χ1n) is 22.3. The molecule has 8 heterocycles. The molecule has 0 aliphatic carbocycles. The molecule has 0 fully saturated rings. The number of para-hydroxylation sites is 4. The van der Waals surface area contributed by atoms with E-state index in [-0.39, 0.29) is 42.1 Å². The molecule has 6 aromatic carbocycles. The maximum Gasteiger partial charge on any atom is 2.00 e. The zero-order chi connectivity index (χ0) is 46.1. The molecule has 0 aliphatic heterocycles. The maximum absolute atomic E-state index is 4.76. The molecule has 70 heavy (non-hydrogen) atoms. The van der Waals surface area contributed by atoms with E-state index in [1.165, 1.54) is 64.9 Å². The minimum atomic E-state index is 0. The number of benzene rings is 6.